The highest BCUT2D eigenvalue weighted by molar-refractivity contribution is 8.00. The van der Waals surface area contributed by atoms with Gasteiger partial charge in [0.05, 0.1) is 5.56 Å². The van der Waals surface area contributed by atoms with Crippen LogP contribution in [-0.2, 0) is 4.79 Å². The second-order valence-electron chi connectivity index (χ2n) is 6.44. The number of aliphatic carboxylic acids is 1. The number of carboxylic acids is 1. The Morgan fingerprint density at radius 1 is 1.35 bits per heavy atom. The van der Waals surface area contributed by atoms with Crippen LogP contribution in [0.15, 0.2) is 23.1 Å². The van der Waals surface area contributed by atoms with Gasteiger partial charge in [-0.15, -0.1) is 11.8 Å². The molecule has 1 aliphatic carbocycles. The normalized spacial score (nSPS) is 16.3. The maximum absolute atomic E-state index is 12.5. The third-order valence-corrected chi connectivity index (χ3v) is 5.52. The zero-order valence-electron chi connectivity index (χ0n) is 13.8. The van der Waals surface area contributed by atoms with Crippen LogP contribution in [-0.4, -0.2) is 28.8 Å². The fourth-order valence-corrected chi connectivity index (χ4v) is 4.20. The molecule has 0 saturated heterocycles. The summed E-state index contributed by atoms with van der Waals surface area (Å²) in [6.45, 7) is 4.19. The zero-order chi connectivity index (χ0) is 16.8. The summed E-state index contributed by atoms with van der Waals surface area (Å²) >= 11 is 1.80. The maximum atomic E-state index is 12.5. The van der Waals surface area contributed by atoms with Gasteiger partial charge >= 0.3 is 5.97 Å². The topological polar surface area (TPSA) is 66.4 Å². The van der Waals surface area contributed by atoms with Gasteiger partial charge in [-0.3, -0.25) is 9.59 Å². The molecule has 23 heavy (non-hydrogen) atoms. The van der Waals surface area contributed by atoms with Gasteiger partial charge in [-0.25, -0.2) is 0 Å². The Labute approximate surface area is 142 Å². The first kappa shape index (κ1) is 17.9. The van der Waals surface area contributed by atoms with Crippen LogP contribution >= 0.6 is 11.8 Å². The fraction of sp³-hybridized carbons (Fsp3) is 0.556. The highest BCUT2D eigenvalue weighted by Gasteiger charge is 2.20. The number of carboxylic acid groups (broad SMARTS) is 1. The summed E-state index contributed by atoms with van der Waals surface area (Å²) in [5.74, 6) is -1.02. The maximum Gasteiger partial charge on any atom is 0.303 e. The lowest BCUT2D eigenvalue weighted by atomic mass is 10.1. The molecule has 2 N–H and O–H groups in total. The van der Waals surface area contributed by atoms with Crippen molar-refractivity contribution in [2.24, 2.45) is 5.92 Å². The standard InChI is InChI=1S/C18H25NO3S/c1-12-7-8-16(23-14-5-3-4-6-14)15(9-12)18(22)19-11-13(2)10-17(20)21/h7-9,13-14H,3-6,10-11H2,1-2H3,(H,19,22)(H,20,21). The van der Waals surface area contributed by atoms with E-state index in [4.69, 9.17) is 5.11 Å². The van der Waals surface area contributed by atoms with E-state index in [0.29, 0.717) is 17.4 Å². The van der Waals surface area contributed by atoms with Gasteiger partial charge in [-0.1, -0.05) is 31.4 Å². The van der Waals surface area contributed by atoms with Crippen molar-refractivity contribution in [2.75, 3.05) is 6.54 Å². The molecule has 1 aromatic rings. The molecule has 1 saturated carbocycles. The number of rotatable bonds is 7. The van der Waals surface area contributed by atoms with Crippen LogP contribution in [0.25, 0.3) is 0 Å². The quantitative estimate of drug-likeness (QED) is 0.794. The van der Waals surface area contributed by atoms with Crippen molar-refractivity contribution >= 4 is 23.6 Å². The third kappa shape index (κ3) is 5.57. The first-order valence-electron chi connectivity index (χ1n) is 8.23. The summed E-state index contributed by atoms with van der Waals surface area (Å²) in [5.41, 5.74) is 1.77. The molecular formula is C18H25NO3S. The van der Waals surface area contributed by atoms with Crippen molar-refractivity contribution in [3.8, 4) is 0 Å². The van der Waals surface area contributed by atoms with Crippen LogP contribution in [0.4, 0.5) is 0 Å². The lowest BCUT2D eigenvalue weighted by Gasteiger charge is -2.15. The Hall–Kier alpha value is -1.49. The minimum atomic E-state index is -0.834. The summed E-state index contributed by atoms with van der Waals surface area (Å²) in [7, 11) is 0. The van der Waals surface area contributed by atoms with Gasteiger partial charge in [0.1, 0.15) is 0 Å². The zero-order valence-corrected chi connectivity index (χ0v) is 14.6. The Morgan fingerprint density at radius 2 is 2.04 bits per heavy atom. The Bertz CT molecular complexity index is 567. The molecule has 0 aliphatic heterocycles. The molecular weight excluding hydrogens is 310 g/mol. The van der Waals surface area contributed by atoms with E-state index in [9.17, 15) is 9.59 Å². The molecule has 0 bridgehead atoms. The van der Waals surface area contributed by atoms with Gasteiger partial charge < -0.3 is 10.4 Å². The van der Waals surface area contributed by atoms with Crippen molar-refractivity contribution in [3.63, 3.8) is 0 Å². The average molecular weight is 335 g/mol. The van der Waals surface area contributed by atoms with Gasteiger partial charge in [0.2, 0.25) is 0 Å². The van der Waals surface area contributed by atoms with E-state index in [0.717, 1.165) is 10.5 Å². The van der Waals surface area contributed by atoms with Crippen LogP contribution in [0.2, 0.25) is 0 Å². The van der Waals surface area contributed by atoms with Gasteiger partial charge in [0, 0.05) is 23.1 Å². The van der Waals surface area contributed by atoms with Crippen molar-refractivity contribution < 1.29 is 14.7 Å². The van der Waals surface area contributed by atoms with Crippen LogP contribution in [0, 0.1) is 12.8 Å². The largest absolute Gasteiger partial charge is 0.481 e. The second-order valence-corrected chi connectivity index (χ2v) is 7.78. The molecule has 0 radical (unpaired) electrons. The molecule has 1 amide bonds. The number of aryl methyl sites for hydroxylation is 1. The number of benzene rings is 1. The molecule has 5 heteroatoms. The predicted octanol–water partition coefficient (Wildman–Crippen LogP) is 3.87. The molecule has 126 valence electrons. The number of nitrogens with one attached hydrogen (secondary N) is 1. The molecule has 1 fully saturated rings. The Balaban J connectivity index is 2.02. The molecule has 1 unspecified atom stereocenters. The highest BCUT2D eigenvalue weighted by atomic mass is 32.2. The van der Waals surface area contributed by atoms with Gasteiger partial charge in [0.25, 0.3) is 5.91 Å². The van der Waals surface area contributed by atoms with Gasteiger partial charge in [-0.05, 0) is 37.8 Å². The Morgan fingerprint density at radius 3 is 2.70 bits per heavy atom. The van der Waals surface area contributed by atoms with Crippen molar-refractivity contribution in [2.45, 2.75) is 56.1 Å². The minimum absolute atomic E-state index is 0.0672. The third-order valence-electron chi connectivity index (χ3n) is 4.11. The molecule has 0 spiro atoms. The van der Waals surface area contributed by atoms with E-state index in [2.05, 4.69) is 5.32 Å². The minimum Gasteiger partial charge on any atom is -0.481 e. The van der Waals surface area contributed by atoms with E-state index in [1.165, 1.54) is 25.7 Å². The van der Waals surface area contributed by atoms with E-state index in [-0.39, 0.29) is 18.2 Å². The van der Waals surface area contributed by atoms with Crippen LogP contribution in [0.1, 0.15) is 54.9 Å². The van der Waals surface area contributed by atoms with E-state index >= 15 is 0 Å². The molecule has 1 aliphatic rings. The summed E-state index contributed by atoms with van der Waals surface area (Å²) < 4.78 is 0. The number of hydrogen-bond donors (Lipinski definition) is 2. The number of amides is 1. The van der Waals surface area contributed by atoms with Crippen LogP contribution in [0.3, 0.4) is 0 Å². The van der Waals surface area contributed by atoms with E-state index in [1.54, 1.807) is 11.8 Å². The predicted molar refractivity (Wildman–Crippen MR) is 93.0 cm³/mol. The fourth-order valence-electron chi connectivity index (χ4n) is 2.84. The lowest BCUT2D eigenvalue weighted by molar-refractivity contribution is -0.137. The van der Waals surface area contributed by atoms with Crippen molar-refractivity contribution in [1.82, 2.24) is 5.32 Å². The lowest BCUT2D eigenvalue weighted by Crippen LogP contribution is -2.29. The first-order valence-corrected chi connectivity index (χ1v) is 9.11. The highest BCUT2D eigenvalue weighted by Crippen LogP contribution is 2.36. The molecule has 4 nitrogen and oxygen atoms in total. The molecule has 2 rings (SSSR count). The second kappa shape index (κ2) is 8.39. The number of carbonyl (C=O) groups is 2. The summed E-state index contributed by atoms with van der Waals surface area (Å²) in [6, 6.07) is 6.00. The van der Waals surface area contributed by atoms with Crippen molar-refractivity contribution in [3.05, 3.63) is 29.3 Å². The smallest absolute Gasteiger partial charge is 0.303 e. The van der Waals surface area contributed by atoms with E-state index in [1.807, 2.05) is 32.0 Å². The summed E-state index contributed by atoms with van der Waals surface area (Å²) in [5, 5.41) is 12.3. The Kier molecular flexibility index (Phi) is 6.51. The number of thioether (sulfide) groups is 1. The van der Waals surface area contributed by atoms with Gasteiger partial charge in [0.15, 0.2) is 0 Å². The van der Waals surface area contributed by atoms with Crippen LogP contribution < -0.4 is 5.32 Å². The summed E-state index contributed by atoms with van der Waals surface area (Å²) in [6.07, 6.45) is 5.05. The number of carbonyl (C=O) groups excluding carboxylic acids is 1. The first-order chi connectivity index (χ1) is 11.0. The monoisotopic (exact) mass is 335 g/mol. The number of hydrogen-bond acceptors (Lipinski definition) is 3. The molecule has 1 aromatic carbocycles. The SMILES string of the molecule is Cc1ccc(SC2CCCC2)c(C(=O)NCC(C)CC(=O)O)c1. The molecule has 0 aromatic heterocycles. The molecule has 1 atom stereocenters. The van der Waals surface area contributed by atoms with E-state index < -0.39 is 5.97 Å². The molecule has 0 heterocycles. The van der Waals surface area contributed by atoms with Crippen molar-refractivity contribution in [1.29, 1.82) is 0 Å². The van der Waals surface area contributed by atoms with Crippen LogP contribution in [0.5, 0.6) is 0 Å². The van der Waals surface area contributed by atoms with Gasteiger partial charge in [-0.2, -0.15) is 0 Å². The summed E-state index contributed by atoms with van der Waals surface area (Å²) in [4.78, 5) is 24.2. The average Bonchev–Trinajstić information content (AvgIpc) is 2.99.